The Bertz CT molecular complexity index is 498. The second kappa shape index (κ2) is 7.75. The van der Waals surface area contributed by atoms with Crippen LogP contribution in [0.25, 0.3) is 0 Å². The number of ether oxygens (including phenoxy) is 1. The summed E-state index contributed by atoms with van der Waals surface area (Å²) in [5.74, 6) is -0.401. The van der Waals surface area contributed by atoms with Gasteiger partial charge in [0.2, 0.25) is 0 Å². The fourth-order valence-corrected chi connectivity index (χ4v) is 1.89. The molecule has 1 atom stereocenters. The predicted octanol–water partition coefficient (Wildman–Crippen LogP) is 1.10. The molecule has 1 aromatic heterocycles. The Morgan fingerprint density at radius 1 is 1.57 bits per heavy atom. The molecule has 21 heavy (non-hydrogen) atoms. The summed E-state index contributed by atoms with van der Waals surface area (Å²) < 4.78 is 6.34. The lowest BCUT2D eigenvalue weighted by molar-refractivity contribution is -0.384. The first kappa shape index (κ1) is 17.1. The molecule has 0 bridgehead atoms. The van der Waals surface area contributed by atoms with Crippen LogP contribution in [0, 0.1) is 10.1 Å². The number of hydrogen-bond acceptors (Lipinski definition) is 5. The van der Waals surface area contributed by atoms with Crippen molar-refractivity contribution in [3.05, 3.63) is 28.1 Å². The maximum atomic E-state index is 12.1. The van der Waals surface area contributed by atoms with Crippen molar-refractivity contribution in [3.63, 3.8) is 0 Å². The molecule has 0 saturated heterocycles. The number of amides is 1. The number of rotatable bonds is 8. The van der Waals surface area contributed by atoms with Crippen molar-refractivity contribution >= 4 is 11.6 Å². The molecular weight excluding hydrogens is 278 g/mol. The zero-order valence-electron chi connectivity index (χ0n) is 12.4. The Morgan fingerprint density at radius 2 is 2.24 bits per heavy atom. The molecule has 0 saturated carbocycles. The summed E-state index contributed by atoms with van der Waals surface area (Å²) in [5, 5.41) is 22.9. The van der Waals surface area contributed by atoms with Crippen LogP contribution in [0.15, 0.2) is 12.3 Å². The molecule has 1 amide bonds. The van der Waals surface area contributed by atoms with Crippen LogP contribution in [-0.2, 0) is 4.74 Å². The molecule has 2 N–H and O–H groups in total. The summed E-state index contributed by atoms with van der Waals surface area (Å²) in [6.45, 7) is 4.13. The van der Waals surface area contributed by atoms with Gasteiger partial charge in [0.15, 0.2) is 0 Å². The van der Waals surface area contributed by atoms with Crippen LogP contribution in [0.2, 0.25) is 0 Å². The number of nitro groups is 1. The van der Waals surface area contributed by atoms with Gasteiger partial charge in [-0.3, -0.25) is 14.9 Å². The molecule has 0 fully saturated rings. The minimum atomic E-state index is -0.651. The number of aromatic nitrogens is 1. The summed E-state index contributed by atoms with van der Waals surface area (Å²) in [6.07, 6.45) is 1.05. The first-order valence-corrected chi connectivity index (χ1v) is 6.68. The fraction of sp³-hybridized carbons (Fsp3) is 0.615. The third-order valence-corrected chi connectivity index (χ3v) is 2.96. The minimum Gasteiger partial charge on any atom is -0.391 e. The highest BCUT2D eigenvalue weighted by atomic mass is 16.6. The number of nitrogens with one attached hydrogen (secondary N) is 1. The van der Waals surface area contributed by atoms with E-state index < -0.39 is 16.9 Å². The molecule has 0 radical (unpaired) electrons. The van der Waals surface area contributed by atoms with Crippen molar-refractivity contribution in [1.29, 1.82) is 0 Å². The number of methoxy groups -OCH3 is 1. The van der Waals surface area contributed by atoms with Crippen LogP contribution < -0.4 is 5.32 Å². The SMILES string of the molecule is COCC(O)CCNC(=O)c1cc([N+](=O)[O-])cn1C(C)C. The van der Waals surface area contributed by atoms with Gasteiger partial charge in [-0.25, -0.2) is 0 Å². The second-order valence-electron chi connectivity index (χ2n) is 5.00. The van der Waals surface area contributed by atoms with E-state index in [1.165, 1.54) is 19.4 Å². The van der Waals surface area contributed by atoms with Crippen LogP contribution >= 0.6 is 0 Å². The summed E-state index contributed by atoms with van der Waals surface area (Å²) >= 11 is 0. The average Bonchev–Trinajstić information content (AvgIpc) is 2.84. The number of aliphatic hydroxyl groups is 1. The third-order valence-electron chi connectivity index (χ3n) is 2.96. The minimum absolute atomic E-state index is 0.0708. The topological polar surface area (TPSA) is 107 Å². The molecule has 1 heterocycles. The number of hydrogen-bond donors (Lipinski definition) is 2. The van der Waals surface area contributed by atoms with Gasteiger partial charge in [0.05, 0.1) is 23.8 Å². The smallest absolute Gasteiger partial charge is 0.287 e. The Kier molecular flexibility index (Phi) is 6.32. The van der Waals surface area contributed by atoms with Crippen LogP contribution in [-0.4, -0.2) is 46.9 Å². The van der Waals surface area contributed by atoms with E-state index in [0.29, 0.717) is 6.42 Å². The highest BCUT2D eigenvalue weighted by Crippen LogP contribution is 2.20. The molecule has 0 aliphatic rings. The van der Waals surface area contributed by atoms with E-state index in [2.05, 4.69) is 5.32 Å². The van der Waals surface area contributed by atoms with Gasteiger partial charge >= 0.3 is 0 Å². The lowest BCUT2D eigenvalue weighted by atomic mass is 10.2. The standard InChI is InChI=1S/C13H21N3O5/c1-9(2)15-7-10(16(19)20)6-12(15)13(18)14-5-4-11(17)8-21-3/h6-7,9,11,17H,4-5,8H2,1-3H3,(H,14,18). The maximum absolute atomic E-state index is 12.1. The lowest BCUT2D eigenvalue weighted by Crippen LogP contribution is -2.30. The van der Waals surface area contributed by atoms with Gasteiger partial charge in [0.1, 0.15) is 5.69 Å². The number of carbonyl (C=O) groups is 1. The molecule has 0 aliphatic carbocycles. The van der Waals surface area contributed by atoms with Gasteiger partial charge in [0.25, 0.3) is 11.6 Å². The van der Waals surface area contributed by atoms with Crippen LogP contribution in [0.5, 0.6) is 0 Å². The molecule has 0 aromatic carbocycles. The molecule has 0 aliphatic heterocycles. The largest absolute Gasteiger partial charge is 0.391 e. The van der Waals surface area contributed by atoms with E-state index in [9.17, 15) is 20.0 Å². The van der Waals surface area contributed by atoms with E-state index in [0.717, 1.165) is 0 Å². The first-order chi connectivity index (χ1) is 9.86. The number of nitrogens with zero attached hydrogens (tertiary/aromatic N) is 2. The van der Waals surface area contributed by atoms with Crippen molar-refractivity contribution in [1.82, 2.24) is 9.88 Å². The molecule has 8 nitrogen and oxygen atoms in total. The van der Waals surface area contributed by atoms with E-state index in [1.807, 2.05) is 13.8 Å². The average molecular weight is 299 g/mol. The Morgan fingerprint density at radius 3 is 2.76 bits per heavy atom. The highest BCUT2D eigenvalue weighted by Gasteiger charge is 2.20. The Balaban J connectivity index is 2.71. The molecule has 0 spiro atoms. The Hall–Kier alpha value is -1.93. The van der Waals surface area contributed by atoms with Crippen molar-refractivity contribution in [2.75, 3.05) is 20.3 Å². The molecule has 1 rings (SSSR count). The summed E-state index contributed by atoms with van der Waals surface area (Å²) in [4.78, 5) is 22.3. The normalized spacial score (nSPS) is 12.4. The van der Waals surface area contributed by atoms with Crippen LogP contribution in [0.1, 0.15) is 36.8 Å². The third kappa shape index (κ3) is 4.83. The zero-order chi connectivity index (χ0) is 16.0. The molecule has 1 unspecified atom stereocenters. The van der Waals surface area contributed by atoms with Gasteiger partial charge in [-0.2, -0.15) is 0 Å². The number of carbonyl (C=O) groups excluding carboxylic acids is 1. The van der Waals surface area contributed by atoms with Crippen molar-refractivity contribution in [2.24, 2.45) is 0 Å². The molecule has 118 valence electrons. The van der Waals surface area contributed by atoms with Gasteiger partial charge in [-0.1, -0.05) is 0 Å². The van der Waals surface area contributed by atoms with Crippen molar-refractivity contribution in [2.45, 2.75) is 32.4 Å². The van der Waals surface area contributed by atoms with Crippen molar-refractivity contribution in [3.8, 4) is 0 Å². The van der Waals surface area contributed by atoms with Gasteiger partial charge in [-0.15, -0.1) is 0 Å². The maximum Gasteiger partial charge on any atom is 0.287 e. The highest BCUT2D eigenvalue weighted by molar-refractivity contribution is 5.93. The second-order valence-corrected chi connectivity index (χ2v) is 5.00. The first-order valence-electron chi connectivity index (χ1n) is 6.68. The predicted molar refractivity (Wildman–Crippen MR) is 76.3 cm³/mol. The van der Waals surface area contributed by atoms with Crippen molar-refractivity contribution < 1.29 is 19.6 Å². The molecule has 1 aromatic rings. The van der Waals surface area contributed by atoms with E-state index in [-0.39, 0.29) is 30.6 Å². The summed E-state index contributed by atoms with van der Waals surface area (Å²) in [5.41, 5.74) is 0.117. The molecular formula is C13H21N3O5. The van der Waals surface area contributed by atoms with Crippen LogP contribution in [0.3, 0.4) is 0 Å². The number of aliphatic hydroxyl groups excluding tert-OH is 1. The lowest BCUT2D eigenvalue weighted by Gasteiger charge is -2.13. The summed E-state index contributed by atoms with van der Waals surface area (Å²) in [7, 11) is 1.48. The quantitative estimate of drug-likeness (QED) is 0.552. The monoisotopic (exact) mass is 299 g/mol. The van der Waals surface area contributed by atoms with E-state index in [1.54, 1.807) is 4.57 Å². The van der Waals surface area contributed by atoms with Gasteiger partial charge < -0.3 is 19.7 Å². The van der Waals surface area contributed by atoms with Gasteiger partial charge in [0, 0.05) is 25.8 Å². The zero-order valence-corrected chi connectivity index (χ0v) is 12.4. The van der Waals surface area contributed by atoms with E-state index >= 15 is 0 Å². The van der Waals surface area contributed by atoms with Gasteiger partial charge in [-0.05, 0) is 20.3 Å². The summed E-state index contributed by atoms with van der Waals surface area (Å²) in [6, 6.07) is 1.18. The molecule has 8 heteroatoms. The Labute approximate surface area is 122 Å². The van der Waals surface area contributed by atoms with E-state index in [4.69, 9.17) is 4.74 Å². The van der Waals surface area contributed by atoms with Crippen LogP contribution in [0.4, 0.5) is 5.69 Å². The fourth-order valence-electron chi connectivity index (χ4n) is 1.89.